The molecule has 0 bridgehead atoms. The standard InChI is InChI=1S/C68H56N4OSi.Pt/c1-67(2,3)49-41-42-69-65(44-49)72-61-36-17-16-33-58(61)59-40-39-52(46-64(59)72)73-51-25-21-24-50(45-51)70-47-71(63-38-19-18-37-62(63)70)66-57(34-22-35-60(66)68(4,5)6)48-23-20-32-56(43-48)74(53-26-10-7-11-27-53,54-28-12-8-13-29-54)55-30-14-9-15-31-55;/h7-44H,1-6H3;/q-2;. The number of rotatable bonds is 10. The molecule has 9 aromatic carbocycles. The van der Waals surface area contributed by atoms with E-state index >= 15 is 0 Å². The summed E-state index contributed by atoms with van der Waals surface area (Å²) in [5, 5.41) is 7.55. The van der Waals surface area contributed by atoms with E-state index in [1.807, 2.05) is 24.4 Å². The average molecular weight is 1170 g/mol. The fourth-order valence-electron chi connectivity index (χ4n) is 10.9. The Labute approximate surface area is 455 Å². The summed E-state index contributed by atoms with van der Waals surface area (Å²) in [6.07, 6.45) is 5.78. The maximum Gasteiger partial charge on any atom is 0.268 e. The van der Waals surface area contributed by atoms with Crippen LogP contribution in [0.2, 0.25) is 0 Å². The molecule has 0 spiro atoms. The number of imidazole rings is 1. The van der Waals surface area contributed by atoms with Gasteiger partial charge >= 0.3 is 0 Å². The van der Waals surface area contributed by atoms with Crippen molar-refractivity contribution in [3.8, 4) is 39.8 Å². The average Bonchev–Trinajstić information content (AvgIpc) is 3.98. The van der Waals surface area contributed by atoms with Crippen LogP contribution in [0.4, 0.5) is 0 Å². The third-order valence-corrected chi connectivity index (χ3v) is 19.2. The van der Waals surface area contributed by atoms with Gasteiger partial charge in [-0.15, -0.1) is 29.7 Å². The van der Waals surface area contributed by atoms with E-state index in [0.717, 1.165) is 61.2 Å². The van der Waals surface area contributed by atoms with E-state index in [0.29, 0.717) is 11.5 Å². The van der Waals surface area contributed by atoms with Crippen LogP contribution in [0.5, 0.6) is 11.5 Å². The third-order valence-electron chi connectivity index (χ3n) is 14.5. The summed E-state index contributed by atoms with van der Waals surface area (Å²) in [4.78, 5) is 4.88. The predicted octanol–water partition coefficient (Wildman–Crippen LogP) is 13.2. The molecule has 7 heteroatoms. The molecule has 3 aromatic heterocycles. The first-order valence-corrected chi connectivity index (χ1v) is 27.5. The Morgan fingerprint density at radius 3 is 1.79 bits per heavy atom. The molecule has 0 fully saturated rings. The van der Waals surface area contributed by atoms with E-state index in [1.54, 1.807) is 0 Å². The summed E-state index contributed by atoms with van der Waals surface area (Å²) < 4.78 is 13.3. The molecule has 12 aromatic rings. The molecular weight excluding hydrogens is 1110 g/mol. The third kappa shape index (κ3) is 8.86. The summed E-state index contributed by atoms with van der Waals surface area (Å²) in [6.45, 7) is 13.6. The number of ether oxygens (including phenoxy) is 1. The van der Waals surface area contributed by atoms with Crippen LogP contribution in [0, 0.1) is 18.5 Å². The minimum Gasteiger partial charge on any atom is -0.510 e. The molecule has 0 N–H and O–H groups in total. The maximum absolute atomic E-state index is 6.72. The van der Waals surface area contributed by atoms with E-state index in [4.69, 9.17) is 9.72 Å². The van der Waals surface area contributed by atoms with Gasteiger partial charge in [0.25, 0.3) is 6.33 Å². The van der Waals surface area contributed by atoms with Gasteiger partial charge < -0.3 is 13.9 Å². The van der Waals surface area contributed by atoms with Gasteiger partial charge in [-0.25, -0.2) is 4.98 Å². The van der Waals surface area contributed by atoms with Crippen LogP contribution >= 0.6 is 0 Å². The number of hydrogen-bond acceptors (Lipinski definition) is 2. The second-order valence-electron chi connectivity index (χ2n) is 21.2. The number of hydrogen-bond donors (Lipinski definition) is 0. The van der Waals surface area contributed by atoms with Crippen LogP contribution in [0.15, 0.2) is 231 Å². The maximum atomic E-state index is 6.72. The first-order chi connectivity index (χ1) is 36.0. The number of benzene rings is 9. The number of fused-ring (bicyclic) bond motifs is 4. The van der Waals surface area contributed by atoms with E-state index in [2.05, 4.69) is 280 Å². The molecule has 0 aliphatic rings. The zero-order valence-corrected chi connectivity index (χ0v) is 46.2. The van der Waals surface area contributed by atoms with E-state index in [9.17, 15) is 0 Å². The molecule has 0 unspecified atom stereocenters. The van der Waals surface area contributed by atoms with Crippen molar-refractivity contribution in [2.75, 3.05) is 0 Å². The molecule has 0 saturated carbocycles. The first-order valence-electron chi connectivity index (χ1n) is 25.5. The quantitative estimate of drug-likeness (QED) is 0.0592. The summed E-state index contributed by atoms with van der Waals surface area (Å²) in [5.74, 6) is 2.00. The monoisotopic (exact) mass is 1170 g/mol. The fourth-order valence-corrected chi connectivity index (χ4v) is 15.7. The Morgan fingerprint density at radius 1 is 0.507 bits per heavy atom. The minimum atomic E-state index is -2.82. The largest absolute Gasteiger partial charge is 0.510 e. The minimum absolute atomic E-state index is 0. The van der Waals surface area contributed by atoms with E-state index in [1.165, 1.54) is 31.9 Å². The van der Waals surface area contributed by atoms with Crippen molar-refractivity contribution in [2.24, 2.45) is 0 Å². The Morgan fingerprint density at radius 2 is 1.11 bits per heavy atom. The van der Waals surface area contributed by atoms with Crippen molar-refractivity contribution in [2.45, 2.75) is 52.4 Å². The Balaban J connectivity index is 0.00000602. The molecule has 0 radical (unpaired) electrons. The van der Waals surface area contributed by atoms with Crippen molar-refractivity contribution in [3.63, 3.8) is 0 Å². The SMILES string of the molecule is CC(C)(C)c1ccnc(-n2c3[c-]c(Oc4[c-]c(-n5[c-][n+](-c6c(-c7cccc([Si](c8ccccc8)(c8ccccc8)c8ccccc8)c7)cccc6C(C)(C)C)c6ccccc65)ccc4)ccc3c3ccccc32)c1.[Pt]. The Hall–Kier alpha value is -7.89. The molecule has 370 valence electrons. The van der Waals surface area contributed by atoms with Gasteiger partial charge in [0.2, 0.25) is 0 Å². The van der Waals surface area contributed by atoms with Gasteiger partial charge in [-0.2, -0.15) is 18.2 Å². The Kier molecular flexibility index (Phi) is 13.0. The van der Waals surface area contributed by atoms with Crippen LogP contribution in [-0.2, 0) is 31.9 Å². The molecule has 0 amide bonds. The van der Waals surface area contributed by atoms with Gasteiger partial charge in [-0.1, -0.05) is 223 Å². The van der Waals surface area contributed by atoms with E-state index in [-0.39, 0.29) is 31.9 Å². The molecule has 12 rings (SSSR count). The second kappa shape index (κ2) is 19.8. The molecule has 75 heavy (non-hydrogen) atoms. The number of aromatic nitrogens is 4. The molecule has 0 aliphatic heterocycles. The van der Waals surface area contributed by atoms with Crippen LogP contribution in [0.25, 0.3) is 61.2 Å². The molecule has 0 aliphatic carbocycles. The van der Waals surface area contributed by atoms with Crippen molar-refractivity contribution >= 4 is 61.7 Å². The second-order valence-corrected chi connectivity index (χ2v) is 25.0. The molecule has 0 atom stereocenters. The molecular formula is C68H56N4OPtSi-2. The fraction of sp³-hybridized carbons (Fsp3) is 0.118. The molecule has 5 nitrogen and oxygen atoms in total. The van der Waals surface area contributed by atoms with Crippen molar-refractivity contribution in [3.05, 3.63) is 260 Å². The summed E-state index contributed by atoms with van der Waals surface area (Å²) in [6, 6.07) is 88.3. The van der Waals surface area contributed by atoms with Crippen molar-refractivity contribution < 1.29 is 30.4 Å². The van der Waals surface area contributed by atoms with Gasteiger partial charge in [0.1, 0.15) is 5.82 Å². The number of para-hydroxylation sites is 4. The Bertz CT molecular complexity index is 3920. The van der Waals surface area contributed by atoms with Crippen LogP contribution < -0.4 is 30.1 Å². The number of pyridine rings is 1. The topological polar surface area (TPSA) is 35.9 Å². The van der Waals surface area contributed by atoms with Crippen molar-refractivity contribution in [1.82, 2.24) is 14.1 Å². The normalized spacial score (nSPS) is 12.0. The zero-order chi connectivity index (χ0) is 50.6. The predicted molar refractivity (Wildman–Crippen MR) is 306 cm³/mol. The summed E-state index contributed by atoms with van der Waals surface area (Å²) >= 11 is 0. The zero-order valence-electron chi connectivity index (χ0n) is 43.0. The van der Waals surface area contributed by atoms with Crippen LogP contribution in [0.3, 0.4) is 0 Å². The number of nitrogens with zero attached hydrogens (tertiary/aromatic N) is 4. The molecule has 0 saturated heterocycles. The van der Waals surface area contributed by atoms with E-state index < -0.39 is 8.07 Å². The van der Waals surface area contributed by atoms with Gasteiger partial charge in [0.15, 0.2) is 8.07 Å². The van der Waals surface area contributed by atoms with Gasteiger partial charge in [0.05, 0.1) is 16.7 Å². The summed E-state index contributed by atoms with van der Waals surface area (Å²) in [5.41, 5.74) is 10.3. The van der Waals surface area contributed by atoms with Crippen molar-refractivity contribution in [1.29, 1.82) is 0 Å². The summed E-state index contributed by atoms with van der Waals surface area (Å²) in [7, 11) is -2.82. The van der Waals surface area contributed by atoms with Gasteiger partial charge in [-0.3, -0.25) is 4.57 Å². The van der Waals surface area contributed by atoms with Crippen LogP contribution in [-0.4, -0.2) is 22.2 Å². The smallest absolute Gasteiger partial charge is 0.268 e. The van der Waals surface area contributed by atoms with Gasteiger partial charge in [0, 0.05) is 44.3 Å². The first kappa shape index (κ1) is 49.3. The van der Waals surface area contributed by atoms with Gasteiger partial charge in [-0.05, 0) is 83.1 Å². The molecule has 3 heterocycles. The van der Waals surface area contributed by atoms with Crippen LogP contribution in [0.1, 0.15) is 52.7 Å².